The first kappa shape index (κ1) is 15.7. The molecule has 1 heterocycles. The van der Waals surface area contributed by atoms with Crippen molar-refractivity contribution in [1.29, 1.82) is 0 Å². The number of para-hydroxylation sites is 1. The first-order valence-electron chi connectivity index (χ1n) is 7.75. The summed E-state index contributed by atoms with van der Waals surface area (Å²) in [5.74, 6) is 2.07. The summed E-state index contributed by atoms with van der Waals surface area (Å²) in [6.45, 7) is 10.9. The Kier molecular flexibility index (Phi) is 5.51. The molecule has 0 atom stereocenters. The molecule has 0 radical (unpaired) electrons. The predicted molar refractivity (Wildman–Crippen MR) is 86.2 cm³/mol. The molecule has 0 aliphatic rings. The molecule has 4 heteroatoms. The van der Waals surface area contributed by atoms with Crippen LogP contribution in [-0.4, -0.2) is 21.5 Å². The lowest BCUT2D eigenvalue weighted by Gasteiger charge is -2.24. The van der Waals surface area contributed by atoms with Crippen LogP contribution in [0.25, 0.3) is 5.69 Å². The molecule has 0 amide bonds. The summed E-state index contributed by atoms with van der Waals surface area (Å²) in [5, 5.41) is 12.3. The second-order valence-electron chi connectivity index (χ2n) is 6.24. The summed E-state index contributed by atoms with van der Waals surface area (Å²) in [6, 6.07) is 9.99. The van der Waals surface area contributed by atoms with Crippen LogP contribution in [0.5, 0.6) is 0 Å². The highest BCUT2D eigenvalue weighted by atomic mass is 15.5. The van der Waals surface area contributed by atoms with E-state index in [1.54, 1.807) is 4.80 Å². The summed E-state index contributed by atoms with van der Waals surface area (Å²) in [7, 11) is 0. The van der Waals surface area contributed by atoms with Gasteiger partial charge in [0, 0.05) is 6.54 Å². The van der Waals surface area contributed by atoms with Crippen molar-refractivity contribution in [2.75, 3.05) is 6.54 Å². The number of hydrogen-bond acceptors (Lipinski definition) is 3. The molecule has 0 saturated carbocycles. The Morgan fingerprint density at radius 3 is 2.33 bits per heavy atom. The van der Waals surface area contributed by atoms with Crippen molar-refractivity contribution in [3.05, 3.63) is 42.2 Å². The van der Waals surface area contributed by atoms with Crippen LogP contribution in [0.2, 0.25) is 0 Å². The predicted octanol–water partition coefficient (Wildman–Crippen LogP) is 3.29. The van der Waals surface area contributed by atoms with E-state index >= 15 is 0 Å². The summed E-state index contributed by atoms with van der Waals surface area (Å²) in [6.07, 6.45) is 1.83. The number of aromatic nitrogens is 3. The van der Waals surface area contributed by atoms with Crippen LogP contribution in [0.1, 0.15) is 33.4 Å². The zero-order valence-electron chi connectivity index (χ0n) is 13.5. The van der Waals surface area contributed by atoms with Gasteiger partial charge in [-0.1, -0.05) is 45.9 Å². The summed E-state index contributed by atoms with van der Waals surface area (Å²) < 4.78 is 0. The lowest BCUT2D eigenvalue weighted by Crippen LogP contribution is -2.29. The third-order valence-corrected chi connectivity index (χ3v) is 3.93. The maximum Gasteiger partial charge on any atom is 0.0969 e. The molecule has 1 aromatic heterocycles. The topological polar surface area (TPSA) is 42.7 Å². The number of nitrogens with one attached hydrogen (secondary N) is 1. The molecule has 0 spiro atoms. The molecule has 0 aliphatic heterocycles. The smallest absolute Gasteiger partial charge is 0.0969 e. The molecule has 0 bridgehead atoms. The normalized spacial score (nSPS) is 11.8. The van der Waals surface area contributed by atoms with Gasteiger partial charge < -0.3 is 5.32 Å². The third kappa shape index (κ3) is 4.39. The highest BCUT2D eigenvalue weighted by Crippen LogP contribution is 2.19. The maximum absolute atomic E-state index is 4.51. The zero-order valence-corrected chi connectivity index (χ0v) is 13.5. The van der Waals surface area contributed by atoms with Crippen LogP contribution in [0.15, 0.2) is 36.5 Å². The van der Waals surface area contributed by atoms with Crippen LogP contribution >= 0.6 is 0 Å². The number of hydrogen-bond donors (Lipinski definition) is 1. The Hall–Kier alpha value is -1.68. The molecule has 21 heavy (non-hydrogen) atoms. The van der Waals surface area contributed by atoms with Gasteiger partial charge in [-0.05, 0) is 36.4 Å². The molecule has 0 saturated heterocycles. The molecule has 0 fully saturated rings. The Bertz CT molecular complexity index is 523. The molecule has 1 N–H and O–H groups in total. The number of rotatable bonds is 7. The standard InChI is InChI=1S/C17H26N4/c1-13(2)17(14(3)4)12-18-10-15-11-19-21(20-15)16-8-6-5-7-9-16/h5-9,11,13-14,17-18H,10,12H2,1-4H3. The molecule has 0 unspecified atom stereocenters. The molecular weight excluding hydrogens is 260 g/mol. The fourth-order valence-corrected chi connectivity index (χ4v) is 2.67. The molecule has 0 aliphatic carbocycles. The van der Waals surface area contributed by atoms with Gasteiger partial charge >= 0.3 is 0 Å². The minimum absolute atomic E-state index is 0.689. The maximum atomic E-state index is 4.51. The van der Waals surface area contributed by atoms with Gasteiger partial charge in [-0.3, -0.25) is 0 Å². The van der Waals surface area contributed by atoms with Gasteiger partial charge in [0.05, 0.1) is 17.6 Å². The van der Waals surface area contributed by atoms with Gasteiger partial charge in [0.15, 0.2) is 0 Å². The van der Waals surface area contributed by atoms with E-state index in [0.717, 1.165) is 24.5 Å². The average molecular weight is 286 g/mol. The van der Waals surface area contributed by atoms with E-state index in [1.807, 2.05) is 36.5 Å². The second-order valence-corrected chi connectivity index (χ2v) is 6.24. The van der Waals surface area contributed by atoms with E-state index in [-0.39, 0.29) is 0 Å². The van der Waals surface area contributed by atoms with E-state index < -0.39 is 0 Å². The van der Waals surface area contributed by atoms with Gasteiger partial charge in [0.2, 0.25) is 0 Å². The highest BCUT2D eigenvalue weighted by Gasteiger charge is 2.16. The van der Waals surface area contributed by atoms with Gasteiger partial charge in [0.25, 0.3) is 0 Å². The monoisotopic (exact) mass is 286 g/mol. The Morgan fingerprint density at radius 2 is 1.71 bits per heavy atom. The first-order chi connectivity index (χ1) is 10.1. The Morgan fingerprint density at radius 1 is 1.05 bits per heavy atom. The largest absolute Gasteiger partial charge is 0.311 e. The van der Waals surface area contributed by atoms with E-state index in [0.29, 0.717) is 17.8 Å². The van der Waals surface area contributed by atoms with Crippen molar-refractivity contribution in [3.63, 3.8) is 0 Å². The van der Waals surface area contributed by atoms with Crippen molar-refractivity contribution >= 4 is 0 Å². The summed E-state index contributed by atoms with van der Waals surface area (Å²) in [4.78, 5) is 1.68. The van der Waals surface area contributed by atoms with Crippen LogP contribution in [0.3, 0.4) is 0 Å². The highest BCUT2D eigenvalue weighted by molar-refractivity contribution is 5.28. The lowest BCUT2D eigenvalue weighted by molar-refractivity contribution is 0.275. The van der Waals surface area contributed by atoms with Crippen LogP contribution in [0, 0.1) is 17.8 Å². The summed E-state index contributed by atoms with van der Waals surface area (Å²) in [5.41, 5.74) is 1.97. The summed E-state index contributed by atoms with van der Waals surface area (Å²) >= 11 is 0. The SMILES string of the molecule is CC(C)C(CNCc1cnn(-c2ccccc2)n1)C(C)C. The van der Waals surface area contributed by atoms with Crippen molar-refractivity contribution < 1.29 is 0 Å². The third-order valence-electron chi connectivity index (χ3n) is 3.93. The molecule has 2 aromatic rings. The van der Waals surface area contributed by atoms with Gasteiger partial charge in [-0.25, -0.2) is 0 Å². The van der Waals surface area contributed by atoms with E-state index in [9.17, 15) is 0 Å². The van der Waals surface area contributed by atoms with Crippen molar-refractivity contribution in [1.82, 2.24) is 20.3 Å². The van der Waals surface area contributed by atoms with E-state index in [4.69, 9.17) is 0 Å². The minimum Gasteiger partial charge on any atom is -0.311 e. The van der Waals surface area contributed by atoms with Crippen molar-refractivity contribution in [3.8, 4) is 5.69 Å². The second kappa shape index (κ2) is 7.36. The van der Waals surface area contributed by atoms with Crippen LogP contribution in [0.4, 0.5) is 0 Å². The Labute approximate surface area is 127 Å². The molecule has 114 valence electrons. The minimum atomic E-state index is 0.689. The zero-order chi connectivity index (χ0) is 15.2. The molecular formula is C17H26N4. The molecule has 4 nitrogen and oxygen atoms in total. The molecule has 2 rings (SSSR count). The van der Waals surface area contributed by atoms with Crippen molar-refractivity contribution in [2.24, 2.45) is 17.8 Å². The average Bonchev–Trinajstić information content (AvgIpc) is 2.92. The number of nitrogens with zero attached hydrogens (tertiary/aromatic N) is 3. The van der Waals surface area contributed by atoms with E-state index in [2.05, 4.69) is 43.2 Å². The number of benzene rings is 1. The Balaban J connectivity index is 1.89. The lowest BCUT2D eigenvalue weighted by atomic mass is 9.85. The van der Waals surface area contributed by atoms with Gasteiger partial charge in [-0.15, -0.1) is 0 Å². The van der Waals surface area contributed by atoms with E-state index in [1.165, 1.54) is 0 Å². The first-order valence-corrected chi connectivity index (χ1v) is 7.75. The van der Waals surface area contributed by atoms with Crippen molar-refractivity contribution in [2.45, 2.75) is 34.2 Å². The van der Waals surface area contributed by atoms with Gasteiger partial charge in [-0.2, -0.15) is 15.0 Å². The molecule has 1 aromatic carbocycles. The van der Waals surface area contributed by atoms with Crippen LogP contribution in [-0.2, 0) is 6.54 Å². The fourth-order valence-electron chi connectivity index (χ4n) is 2.67. The quantitative estimate of drug-likeness (QED) is 0.849. The van der Waals surface area contributed by atoms with Crippen LogP contribution < -0.4 is 5.32 Å². The van der Waals surface area contributed by atoms with Gasteiger partial charge in [0.1, 0.15) is 0 Å². The fraction of sp³-hybridized carbons (Fsp3) is 0.529.